The van der Waals surface area contributed by atoms with E-state index in [-0.39, 0.29) is 11.9 Å². The number of carbonyl (C=O) groups is 1. The molecule has 2 aromatic rings. The van der Waals surface area contributed by atoms with Gasteiger partial charge in [-0.2, -0.15) is 5.10 Å². The predicted molar refractivity (Wildman–Crippen MR) is 86.5 cm³/mol. The molecule has 0 aromatic carbocycles. The zero-order valence-electron chi connectivity index (χ0n) is 12.4. The maximum absolute atomic E-state index is 12.6. The van der Waals surface area contributed by atoms with E-state index in [0.29, 0.717) is 34.0 Å². The van der Waals surface area contributed by atoms with Gasteiger partial charge in [0.1, 0.15) is 12.7 Å². The van der Waals surface area contributed by atoms with Crippen LogP contribution < -0.4 is 0 Å². The number of halogens is 1. The van der Waals surface area contributed by atoms with E-state index in [9.17, 15) is 9.90 Å². The first-order valence-electron chi connectivity index (χ1n) is 7.68. The average Bonchev–Trinajstić information content (AvgIpc) is 3.25. The van der Waals surface area contributed by atoms with Crippen molar-refractivity contribution in [3.63, 3.8) is 0 Å². The second-order valence-corrected chi connectivity index (χ2v) is 8.03. The number of hydrogen-bond acceptors (Lipinski definition) is 5. The Morgan fingerprint density at radius 3 is 2.74 bits per heavy atom. The minimum absolute atomic E-state index is 0.0445. The maximum atomic E-state index is 12.6. The van der Waals surface area contributed by atoms with E-state index in [0.717, 1.165) is 13.0 Å². The first kappa shape index (κ1) is 15.1. The number of likely N-dealkylation sites (tertiary alicyclic amines) is 1. The lowest BCUT2D eigenvalue weighted by molar-refractivity contribution is 0.0304. The standard InChI is InChI=1S/C15H17ClN4O2S/c16-14-2-1-13(23-14)15(22)19-5-9-3-11(20-8-17-7-18-20)12(21)4-10(9)6-19/h1-2,7-12,21H,3-6H2/t9-,10+,11-,12-/m1/s1. The van der Waals surface area contributed by atoms with Crippen LogP contribution in [0.3, 0.4) is 0 Å². The highest BCUT2D eigenvalue weighted by molar-refractivity contribution is 7.17. The summed E-state index contributed by atoms with van der Waals surface area (Å²) < 4.78 is 2.37. The molecule has 4 rings (SSSR count). The molecule has 0 bridgehead atoms. The van der Waals surface area contributed by atoms with E-state index in [2.05, 4.69) is 10.1 Å². The third-order valence-electron chi connectivity index (χ3n) is 4.96. The van der Waals surface area contributed by atoms with Crippen molar-refractivity contribution in [1.29, 1.82) is 0 Å². The van der Waals surface area contributed by atoms with Gasteiger partial charge in [-0.25, -0.2) is 9.67 Å². The number of hydrogen-bond donors (Lipinski definition) is 1. The summed E-state index contributed by atoms with van der Waals surface area (Å²) in [5.74, 6) is 0.791. The number of nitrogens with zero attached hydrogens (tertiary/aromatic N) is 4. The third-order valence-corrected chi connectivity index (χ3v) is 6.18. The molecular weight excluding hydrogens is 336 g/mol. The van der Waals surface area contributed by atoms with Crippen molar-refractivity contribution < 1.29 is 9.90 Å². The van der Waals surface area contributed by atoms with Crippen LogP contribution in [0, 0.1) is 11.8 Å². The van der Waals surface area contributed by atoms with Crippen molar-refractivity contribution in [1.82, 2.24) is 19.7 Å². The summed E-state index contributed by atoms with van der Waals surface area (Å²) in [5, 5.41) is 14.6. The third kappa shape index (κ3) is 2.77. The summed E-state index contributed by atoms with van der Waals surface area (Å²) in [4.78, 5) is 19.1. The molecule has 4 atom stereocenters. The smallest absolute Gasteiger partial charge is 0.263 e. The molecule has 23 heavy (non-hydrogen) atoms. The van der Waals surface area contributed by atoms with Gasteiger partial charge in [-0.1, -0.05) is 11.6 Å². The number of aliphatic hydroxyl groups excluding tert-OH is 1. The summed E-state index contributed by atoms with van der Waals surface area (Å²) in [5.41, 5.74) is 0. The van der Waals surface area contributed by atoms with Crippen molar-refractivity contribution in [2.45, 2.75) is 25.0 Å². The molecule has 1 N–H and O–H groups in total. The van der Waals surface area contributed by atoms with E-state index >= 15 is 0 Å². The van der Waals surface area contributed by atoms with Crippen LogP contribution in [0.4, 0.5) is 0 Å². The van der Waals surface area contributed by atoms with Crippen molar-refractivity contribution >= 4 is 28.8 Å². The van der Waals surface area contributed by atoms with Crippen LogP contribution in [0.1, 0.15) is 28.6 Å². The number of carbonyl (C=O) groups excluding carboxylic acids is 1. The number of aliphatic hydroxyl groups is 1. The minimum atomic E-state index is -0.441. The Balaban J connectivity index is 1.48. The Kier molecular flexibility index (Phi) is 3.87. The number of thiophene rings is 1. The second-order valence-electron chi connectivity index (χ2n) is 6.32. The zero-order valence-corrected chi connectivity index (χ0v) is 14.0. The van der Waals surface area contributed by atoms with Gasteiger partial charge in [0.25, 0.3) is 5.91 Å². The summed E-state index contributed by atoms with van der Waals surface area (Å²) in [6.45, 7) is 1.44. The van der Waals surface area contributed by atoms with Crippen LogP contribution in [-0.2, 0) is 0 Å². The summed E-state index contributed by atoms with van der Waals surface area (Å²) in [6.07, 6.45) is 4.22. The minimum Gasteiger partial charge on any atom is -0.391 e. The predicted octanol–water partition coefficient (Wildman–Crippen LogP) is 2.08. The van der Waals surface area contributed by atoms with Crippen LogP contribution in [0.15, 0.2) is 24.8 Å². The summed E-state index contributed by atoms with van der Waals surface area (Å²) in [7, 11) is 0. The molecule has 2 aromatic heterocycles. The van der Waals surface area contributed by atoms with Gasteiger partial charge in [0, 0.05) is 13.1 Å². The van der Waals surface area contributed by atoms with Crippen LogP contribution in [0.5, 0.6) is 0 Å². The molecular formula is C15H17ClN4O2S. The largest absolute Gasteiger partial charge is 0.391 e. The summed E-state index contributed by atoms with van der Waals surface area (Å²) in [6, 6.07) is 3.49. The Labute approximate surface area is 142 Å². The molecule has 0 unspecified atom stereocenters. The second kappa shape index (κ2) is 5.89. The highest BCUT2D eigenvalue weighted by Gasteiger charge is 2.44. The van der Waals surface area contributed by atoms with Crippen LogP contribution in [0.25, 0.3) is 0 Å². The number of aromatic nitrogens is 3. The number of amides is 1. The van der Waals surface area contributed by atoms with Crippen molar-refractivity contribution in [2.24, 2.45) is 11.8 Å². The fraction of sp³-hybridized carbons (Fsp3) is 0.533. The highest BCUT2D eigenvalue weighted by Crippen LogP contribution is 2.41. The number of fused-ring (bicyclic) bond motifs is 1. The molecule has 1 saturated heterocycles. The van der Waals surface area contributed by atoms with Crippen LogP contribution in [0.2, 0.25) is 4.34 Å². The van der Waals surface area contributed by atoms with E-state index in [1.54, 1.807) is 23.1 Å². The first-order chi connectivity index (χ1) is 11.1. The molecule has 1 aliphatic carbocycles. The van der Waals surface area contributed by atoms with Gasteiger partial charge in [-0.05, 0) is 36.8 Å². The average molecular weight is 353 g/mol. The molecule has 2 fully saturated rings. The molecule has 1 aliphatic heterocycles. The lowest BCUT2D eigenvalue weighted by Gasteiger charge is -2.34. The quantitative estimate of drug-likeness (QED) is 0.898. The van der Waals surface area contributed by atoms with Crippen LogP contribution >= 0.6 is 22.9 Å². The normalized spacial score (nSPS) is 30.4. The topological polar surface area (TPSA) is 71.2 Å². The van der Waals surface area contributed by atoms with E-state index < -0.39 is 6.10 Å². The molecule has 0 spiro atoms. The van der Waals surface area contributed by atoms with Gasteiger partial charge in [0.2, 0.25) is 0 Å². The Morgan fingerprint density at radius 1 is 1.30 bits per heavy atom. The van der Waals surface area contributed by atoms with Crippen molar-refractivity contribution in [3.8, 4) is 0 Å². The molecule has 3 heterocycles. The van der Waals surface area contributed by atoms with Gasteiger partial charge < -0.3 is 10.0 Å². The molecule has 2 aliphatic rings. The number of rotatable bonds is 2. The van der Waals surface area contributed by atoms with Crippen molar-refractivity contribution in [3.05, 3.63) is 34.0 Å². The van der Waals surface area contributed by atoms with Gasteiger partial charge in [0.05, 0.1) is 21.4 Å². The maximum Gasteiger partial charge on any atom is 0.263 e. The Hall–Kier alpha value is -1.44. The Bertz CT molecular complexity index is 704. The zero-order chi connectivity index (χ0) is 16.0. The molecule has 122 valence electrons. The molecule has 0 radical (unpaired) electrons. The first-order valence-corrected chi connectivity index (χ1v) is 8.88. The van der Waals surface area contributed by atoms with E-state index in [4.69, 9.17) is 11.6 Å². The van der Waals surface area contributed by atoms with Crippen molar-refractivity contribution in [2.75, 3.05) is 13.1 Å². The van der Waals surface area contributed by atoms with E-state index in [1.165, 1.54) is 17.7 Å². The fourth-order valence-electron chi connectivity index (χ4n) is 3.83. The molecule has 1 saturated carbocycles. The highest BCUT2D eigenvalue weighted by atomic mass is 35.5. The SMILES string of the molecule is O=C(c1ccc(Cl)s1)N1C[C@H]2C[C@@H](n3cncn3)[C@H](O)C[C@H]2C1. The lowest BCUT2D eigenvalue weighted by atomic mass is 9.77. The molecule has 1 amide bonds. The lowest BCUT2D eigenvalue weighted by Crippen LogP contribution is -2.36. The van der Waals surface area contributed by atoms with Gasteiger partial charge in [-0.3, -0.25) is 4.79 Å². The van der Waals surface area contributed by atoms with Gasteiger partial charge in [0.15, 0.2) is 0 Å². The monoisotopic (exact) mass is 352 g/mol. The Morgan fingerprint density at radius 2 is 2.09 bits per heavy atom. The van der Waals surface area contributed by atoms with E-state index in [1.807, 2.05) is 4.90 Å². The van der Waals surface area contributed by atoms with Crippen LogP contribution in [-0.4, -0.2) is 49.9 Å². The fourth-order valence-corrected chi connectivity index (χ4v) is 4.84. The molecule has 8 heteroatoms. The summed E-state index contributed by atoms with van der Waals surface area (Å²) >= 11 is 7.25. The van der Waals surface area contributed by atoms with Gasteiger partial charge >= 0.3 is 0 Å². The van der Waals surface area contributed by atoms with Gasteiger partial charge in [-0.15, -0.1) is 11.3 Å². The molecule has 6 nitrogen and oxygen atoms in total.